The van der Waals surface area contributed by atoms with Gasteiger partial charge in [0, 0.05) is 23.1 Å². The number of ether oxygens (including phenoxy) is 1. The SMILES string of the molecule is Cc1nc2ccccc2c2c1C(=O)N(c1ccc(C(=O)OCC(=O)c3ccc([N+](=O)[O-])cc3)cc1)C2=O. The highest BCUT2D eigenvalue weighted by Crippen LogP contribution is 2.34. The molecule has 0 N–H and O–H groups in total. The van der Waals surface area contributed by atoms with E-state index in [4.69, 9.17) is 4.74 Å². The van der Waals surface area contributed by atoms with Crippen molar-refractivity contribution in [3.05, 3.63) is 111 Å². The van der Waals surface area contributed by atoms with E-state index in [-0.39, 0.29) is 28.1 Å². The first-order valence-electron chi connectivity index (χ1n) is 11.1. The standard InChI is InChI=1S/C27H17N3O7/c1-15-23-24(20-4-2-3-5-21(20)28-15)26(33)29(25(23)32)18-10-8-17(9-11-18)27(34)37-14-22(31)16-6-12-19(13-7-16)30(35)36/h2-13H,14H2,1H3. The van der Waals surface area contributed by atoms with Gasteiger partial charge in [-0.15, -0.1) is 0 Å². The number of pyridine rings is 1. The summed E-state index contributed by atoms with van der Waals surface area (Å²) in [7, 11) is 0. The molecule has 1 aromatic heterocycles. The Morgan fingerprint density at radius 2 is 1.51 bits per heavy atom. The van der Waals surface area contributed by atoms with Crippen LogP contribution in [0.1, 0.15) is 47.1 Å². The fourth-order valence-electron chi connectivity index (χ4n) is 4.18. The largest absolute Gasteiger partial charge is 0.454 e. The van der Waals surface area contributed by atoms with Gasteiger partial charge >= 0.3 is 5.97 Å². The number of aryl methyl sites for hydroxylation is 1. The van der Waals surface area contributed by atoms with E-state index < -0.39 is 35.1 Å². The van der Waals surface area contributed by atoms with E-state index in [0.29, 0.717) is 22.2 Å². The Morgan fingerprint density at radius 3 is 2.19 bits per heavy atom. The van der Waals surface area contributed by atoms with Crippen LogP contribution in [0.4, 0.5) is 11.4 Å². The maximum Gasteiger partial charge on any atom is 0.338 e. The van der Waals surface area contributed by atoms with Crippen LogP contribution in [0.15, 0.2) is 72.8 Å². The van der Waals surface area contributed by atoms with Gasteiger partial charge in [0.15, 0.2) is 12.4 Å². The van der Waals surface area contributed by atoms with Gasteiger partial charge in [0.25, 0.3) is 17.5 Å². The van der Waals surface area contributed by atoms with E-state index >= 15 is 0 Å². The molecule has 0 saturated heterocycles. The van der Waals surface area contributed by atoms with Crippen molar-refractivity contribution in [2.75, 3.05) is 11.5 Å². The van der Waals surface area contributed by atoms with Gasteiger partial charge in [-0.25, -0.2) is 9.69 Å². The van der Waals surface area contributed by atoms with Gasteiger partial charge in [0.2, 0.25) is 0 Å². The molecule has 10 heteroatoms. The lowest BCUT2D eigenvalue weighted by Gasteiger charge is -2.14. The summed E-state index contributed by atoms with van der Waals surface area (Å²) in [6.45, 7) is 1.12. The fraction of sp³-hybridized carbons (Fsp3) is 0.0741. The van der Waals surface area contributed by atoms with E-state index in [1.165, 1.54) is 48.5 Å². The molecule has 2 amide bonds. The lowest BCUT2D eigenvalue weighted by Crippen LogP contribution is -2.29. The molecule has 1 aliphatic rings. The zero-order valence-electron chi connectivity index (χ0n) is 19.3. The molecule has 4 aromatic rings. The van der Waals surface area contributed by atoms with E-state index in [2.05, 4.69) is 4.98 Å². The molecule has 2 heterocycles. The molecule has 182 valence electrons. The number of hydrogen-bond donors (Lipinski definition) is 0. The first kappa shape index (κ1) is 23.5. The maximum absolute atomic E-state index is 13.3. The van der Waals surface area contributed by atoms with Gasteiger partial charge in [-0.2, -0.15) is 0 Å². The van der Waals surface area contributed by atoms with E-state index in [0.717, 1.165) is 4.90 Å². The number of esters is 1. The number of Topliss-reactive ketones (excluding diaryl/α,β-unsaturated/α-hetero) is 1. The predicted molar refractivity (Wildman–Crippen MR) is 132 cm³/mol. The van der Waals surface area contributed by atoms with Crippen LogP contribution in [0.25, 0.3) is 10.9 Å². The summed E-state index contributed by atoms with van der Waals surface area (Å²) in [5.41, 5.74) is 1.99. The van der Waals surface area contributed by atoms with Crippen molar-refractivity contribution in [1.29, 1.82) is 0 Å². The zero-order chi connectivity index (χ0) is 26.3. The number of para-hydroxylation sites is 1. The molecule has 3 aromatic carbocycles. The molecular formula is C27H17N3O7. The number of aromatic nitrogens is 1. The summed E-state index contributed by atoms with van der Waals surface area (Å²) in [6, 6.07) is 17.7. The first-order chi connectivity index (χ1) is 17.8. The number of nitro benzene ring substituents is 1. The van der Waals surface area contributed by atoms with Crippen molar-refractivity contribution < 1.29 is 28.8 Å². The number of imide groups is 1. The van der Waals surface area contributed by atoms with E-state index in [1.54, 1.807) is 31.2 Å². The Bertz CT molecular complexity index is 1630. The average Bonchev–Trinajstić information content (AvgIpc) is 3.18. The Balaban J connectivity index is 1.31. The van der Waals surface area contributed by atoms with Crippen LogP contribution in [-0.2, 0) is 4.74 Å². The molecule has 0 radical (unpaired) electrons. The van der Waals surface area contributed by atoms with Crippen LogP contribution in [0.3, 0.4) is 0 Å². The molecule has 1 aliphatic heterocycles. The van der Waals surface area contributed by atoms with Crippen LogP contribution in [-0.4, -0.2) is 40.1 Å². The van der Waals surface area contributed by atoms with Gasteiger partial charge in [-0.1, -0.05) is 18.2 Å². The monoisotopic (exact) mass is 495 g/mol. The second-order valence-corrected chi connectivity index (χ2v) is 8.26. The lowest BCUT2D eigenvalue weighted by atomic mass is 10.0. The number of carbonyl (C=O) groups is 4. The van der Waals surface area contributed by atoms with Gasteiger partial charge in [-0.05, 0) is 49.4 Å². The second-order valence-electron chi connectivity index (χ2n) is 8.26. The van der Waals surface area contributed by atoms with Gasteiger partial charge in [-0.3, -0.25) is 29.5 Å². The number of fused-ring (bicyclic) bond motifs is 3. The number of carbonyl (C=O) groups excluding carboxylic acids is 4. The number of anilines is 1. The third kappa shape index (κ3) is 4.10. The van der Waals surface area contributed by atoms with Crippen molar-refractivity contribution >= 4 is 45.8 Å². The topological polar surface area (TPSA) is 137 Å². The summed E-state index contributed by atoms with van der Waals surface area (Å²) in [4.78, 5) is 66.8. The smallest absolute Gasteiger partial charge is 0.338 e. The number of nitrogens with zero attached hydrogens (tertiary/aromatic N) is 3. The number of hydrogen-bond acceptors (Lipinski definition) is 8. The summed E-state index contributed by atoms with van der Waals surface area (Å²) in [6.07, 6.45) is 0. The minimum atomic E-state index is -0.782. The van der Waals surface area contributed by atoms with Gasteiger partial charge in [0.1, 0.15) is 0 Å². The lowest BCUT2D eigenvalue weighted by molar-refractivity contribution is -0.384. The van der Waals surface area contributed by atoms with Gasteiger partial charge in [0.05, 0.1) is 38.5 Å². The van der Waals surface area contributed by atoms with Crippen molar-refractivity contribution in [2.24, 2.45) is 0 Å². The van der Waals surface area contributed by atoms with Gasteiger partial charge < -0.3 is 4.74 Å². The number of ketones is 1. The first-order valence-corrected chi connectivity index (χ1v) is 11.1. The van der Waals surface area contributed by atoms with Crippen LogP contribution < -0.4 is 4.90 Å². The third-order valence-electron chi connectivity index (χ3n) is 6.00. The number of benzene rings is 3. The third-order valence-corrected chi connectivity index (χ3v) is 6.00. The quantitative estimate of drug-likeness (QED) is 0.127. The number of rotatable bonds is 6. The Labute approximate surface area is 209 Å². The summed E-state index contributed by atoms with van der Waals surface area (Å²) < 4.78 is 5.07. The number of nitro groups is 1. The molecule has 5 rings (SSSR count). The van der Waals surface area contributed by atoms with Crippen molar-refractivity contribution in [2.45, 2.75) is 6.92 Å². The Morgan fingerprint density at radius 1 is 0.892 bits per heavy atom. The minimum Gasteiger partial charge on any atom is -0.454 e. The van der Waals surface area contributed by atoms with E-state index in [9.17, 15) is 29.3 Å². The molecule has 10 nitrogen and oxygen atoms in total. The highest BCUT2D eigenvalue weighted by atomic mass is 16.6. The average molecular weight is 495 g/mol. The minimum absolute atomic E-state index is 0.111. The highest BCUT2D eigenvalue weighted by Gasteiger charge is 2.40. The van der Waals surface area contributed by atoms with Crippen molar-refractivity contribution in [3.8, 4) is 0 Å². The van der Waals surface area contributed by atoms with Crippen LogP contribution in [0.2, 0.25) is 0 Å². The predicted octanol–water partition coefficient (Wildman–Crippen LogP) is 4.29. The van der Waals surface area contributed by atoms with Crippen molar-refractivity contribution in [3.63, 3.8) is 0 Å². The van der Waals surface area contributed by atoms with Crippen LogP contribution >= 0.6 is 0 Å². The fourth-order valence-corrected chi connectivity index (χ4v) is 4.18. The molecular weight excluding hydrogens is 478 g/mol. The second kappa shape index (κ2) is 9.08. The number of amides is 2. The van der Waals surface area contributed by atoms with Crippen LogP contribution in [0, 0.1) is 17.0 Å². The molecule has 0 bridgehead atoms. The van der Waals surface area contributed by atoms with Crippen molar-refractivity contribution in [1.82, 2.24) is 4.98 Å². The molecule has 0 unspecified atom stereocenters. The summed E-state index contributed by atoms with van der Waals surface area (Å²) >= 11 is 0. The summed E-state index contributed by atoms with van der Waals surface area (Å²) in [5.74, 6) is -2.29. The zero-order valence-corrected chi connectivity index (χ0v) is 19.3. The van der Waals surface area contributed by atoms with Crippen LogP contribution in [0.5, 0.6) is 0 Å². The Hall–Kier alpha value is -5.25. The molecule has 0 fully saturated rings. The maximum atomic E-state index is 13.3. The molecule has 37 heavy (non-hydrogen) atoms. The molecule has 0 spiro atoms. The highest BCUT2D eigenvalue weighted by molar-refractivity contribution is 6.37. The molecule has 0 aliphatic carbocycles. The Kier molecular flexibility index (Phi) is 5.76. The molecule has 0 saturated carbocycles. The normalized spacial score (nSPS) is 12.5. The van der Waals surface area contributed by atoms with E-state index in [1.807, 2.05) is 0 Å². The molecule has 0 atom stereocenters. The summed E-state index contributed by atoms with van der Waals surface area (Å²) in [5, 5.41) is 11.3. The number of non-ortho nitro benzene ring substituents is 1.